The maximum Gasteiger partial charge on any atom is 0.129 e. The lowest BCUT2D eigenvalue weighted by molar-refractivity contribution is 0.470. The van der Waals surface area contributed by atoms with Crippen molar-refractivity contribution in [1.29, 1.82) is 0 Å². The first-order valence-corrected chi connectivity index (χ1v) is 21.6. The highest BCUT2D eigenvalue weighted by atomic mass is 32.2. The number of rotatable bonds is 8. The van der Waals surface area contributed by atoms with E-state index in [1.54, 1.807) is 0 Å². The molecule has 54 heavy (non-hydrogen) atoms. The van der Waals surface area contributed by atoms with Crippen molar-refractivity contribution in [3.63, 3.8) is 0 Å². The second kappa shape index (κ2) is 16.0. The van der Waals surface area contributed by atoms with E-state index in [4.69, 9.17) is 9.97 Å². The number of hydrogen-bond donors (Lipinski definition) is 2. The van der Waals surface area contributed by atoms with E-state index in [-0.39, 0.29) is 10.8 Å². The monoisotopic (exact) mass is 754 g/mol. The molecule has 1 aliphatic carbocycles. The quantitative estimate of drug-likeness (QED) is 0.161. The maximum absolute atomic E-state index is 11.9. The second-order valence-electron chi connectivity index (χ2n) is 17.0. The van der Waals surface area contributed by atoms with Gasteiger partial charge in [0.05, 0.1) is 22.4 Å². The van der Waals surface area contributed by atoms with Crippen LogP contribution in [0.2, 0.25) is 0 Å². The molecule has 0 radical (unpaired) electrons. The van der Waals surface area contributed by atoms with Gasteiger partial charge in [-0.05, 0) is 71.2 Å². The van der Waals surface area contributed by atoms with E-state index >= 15 is 0 Å². The summed E-state index contributed by atoms with van der Waals surface area (Å²) in [6.07, 6.45) is 7.29. The van der Waals surface area contributed by atoms with E-state index in [0.29, 0.717) is 22.0 Å². The first-order chi connectivity index (χ1) is 25.8. The summed E-state index contributed by atoms with van der Waals surface area (Å²) in [5, 5.41) is 26.8. The predicted octanol–water partition coefficient (Wildman–Crippen LogP) is 13.4. The lowest BCUT2D eigenvalue weighted by atomic mass is 9.84. The summed E-state index contributed by atoms with van der Waals surface area (Å²) in [6.45, 7) is 13.4. The Labute approximate surface area is 330 Å². The van der Waals surface area contributed by atoms with E-state index in [1.165, 1.54) is 36.8 Å². The summed E-state index contributed by atoms with van der Waals surface area (Å²) in [6, 6.07) is 33.3. The number of aromatic nitrogens is 2. The Balaban J connectivity index is 1.17. The van der Waals surface area contributed by atoms with Gasteiger partial charge in [0.15, 0.2) is 0 Å². The molecule has 2 aromatic heterocycles. The van der Waals surface area contributed by atoms with Crippen LogP contribution in [-0.4, -0.2) is 30.7 Å². The van der Waals surface area contributed by atoms with Crippen molar-refractivity contribution in [3.05, 3.63) is 119 Å². The fourth-order valence-electron chi connectivity index (χ4n) is 7.49. The molecule has 1 saturated carbocycles. The molecule has 2 atom stereocenters. The molecule has 2 N–H and O–H groups in total. The minimum atomic E-state index is -0.0812. The number of benzene rings is 4. The topological polar surface area (TPSA) is 66.2 Å². The number of phenols is 2. The van der Waals surface area contributed by atoms with Crippen LogP contribution in [0, 0.1) is 0 Å². The molecule has 7 rings (SSSR count). The summed E-state index contributed by atoms with van der Waals surface area (Å²) in [4.78, 5) is 9.96. The van der Waals surface area contributed by atoms with E-state index in [2.05, 4.69) is 90.1 Å². The first kappa shape index (κ1) is 38.3. The minimum Gasteiger partial charge on any atom is -0.507 e. The molecule has 0 bridgehead atoms. The van der Waals surface area contributed by atoms with Gasteiger partial charge in [-0.3, -0.25) is 0 Å². The van der Waals surface area contributed by atoms with Gasteiger partial charge < -0.3 is 10.2 Å². The number of phenolic OH excluding ortho intramolecular Hbond substituents is 2. The molecule has 6 aromatic rings. The van der Waals surface area contributed by atoms with Crippen LogP contribution >= 0.6 is 23.5 Å². The normalized spacial score (nSPS) is 17.1. The largest absolute Gasteiger partial charge is 0.507 e. The summed E-state index contributed by atoms with van der Waals surface area (Å²) in [5.74, 6) is 2.15. The van der Waals surface area contributed by atoms with Gasteiger partial charge in [0.25, 0.3) is 0 Å². The van der Waals surface area contributed by atoms with Crippen molar-refractivity contribution >= 4 is 45.3 Å². The molecular weight excluding hydrogens is 701 g/mol. The van der Waals surface area contributed by atoms with Gasteiger partial charge in [0.1, 0.15) is 11.5 Å². The van der Waals surface area contributed by atoms with Crippen LogP contribution in [0.15, 0.2) is 97.1 Å². The third-order valence-electron chi connectivity index (χ3n) is 10.9. The highest BCUT2D eigenvalue weighted by Gasteiger charge is 2.27. The Bertz CT molecular complexity index is 2110. The molecule has 2 heterocycles. The Kier molecular flexibility index (Phi) is 11.3. The fraction of sp³-hybridized carbons (Fsp3) is 0.375. The van der Waals surface area contributed by atoms with Gasteiger partial charge in [-0.25, -0.2) is 9.97 Å². The van der Waals surface area contributed by atoms with Crippen LogP contribution in [-0.2, 0) is 22.3 Å². The van der Waals surface area contributed by atoms with Gasteiger partial charge in [0, 0.05) is 55.0 Å². The van der Waals surface area contributed by atoms with Crippen molar-refractivity contribution in [3.8, 4) is 34.0 Å². The van der Waals surface area contributed by atoms with Gasteiger partial charge in [0.2, 0.25) is 0 Å². The van der Waals surface area contributed by atoms with Crippen molar-refractivity contribution in [2.75, 3.05) is 0 Å². The van der Waals surface area contributed by atoms with E-state index in [0.717, 1.165) is 79.8 Å². The van der Waals surface area contributed by atoms with Crippen molar-refractivity contribution in [2.45, 2.75) is 113 Å². The first-order valence-electron chi connectivity index (χ1n) is 19.5. The molecule has 280 valence electrons. The number of para-hydroxylation sites is 2. The lowest BCUT2D eigenvalue weighted by Crippen LogP contribution is -2.22. The third-order valence-corrected chi connectivity index (χ3v) is 14.0. The smallest absolute Gasteiger partial charge is 0.129 e. The molecule has 1 unspecified atom stereocenters. The molecule has 0 saturated heterocycles. The highest BCUT2D eigenvalue weighted by Crippen LogP contribution is 2.44. The number of pyridine rings is 2. The van der Waals surface area contributed by atoms with Crippen molar-refractivity contribution in [1.82, 2.24) is 9.97 Å². The maximum atomic E-state index is 11.9. The SMILES string of the molecule is CC(C)(C)c1cc(CSC2CCCCCC[C@@H]2SCc2cc(C(C)(C)C)cc(-c3ccc4ccccc4n3)c2O)c(O)c(-c2ccc3ccccc3n2)c1. The summed E-state index contributed by atoms with van der Waals surface area (Å²) < 4.78 is 0. The molecular formula is C48H54N2O2S2. The Morgan fingerprint density at radius 2 is 0.944 bits per heavy atom. The second-order valence-corrected chi connectivity index (χ2v) is 19.5. The van der Waals surface area contributed by atoms with Crippen LogP contribution in [0.1, 0.15) is 102 Å². The number of nitrogens with zero attached hydrogens (tertiary/aromatic N) is 2. The van der Waals surface area contributed by atoms with E-state index < -0.39 is 0 Å². The molecule has 0 aliphatic heterocycles. The van der Waals surface area contributed by atoms with E-state index in [9.17, 15) is 10.2 Å². The van der Waals surface area contributed by atoms with Gasteiger partial charge in [-0.1, -0.05) is 128 Å². The molecule has 0 spiro atoms. The molecule has 4 nitrogen and oxygen atoms in total. The summed E-state index contributed by atoms with van der Waals surface area (Å²) >= 11 is 3.99. The molecule has 0 amide bonds. The minimum absolute atomic E-state index is 0.0812. The van der Waals surface area contributed by atoms with Crippen LogP contribution in [0.4, 0.5) is 0 Å². The molecule has 1 aliphatic rings. The zero-order valence-corrected chi connectivity index (χ0v) is 34.3. The average Bonchev–Trinajstić information content (AvgIpc) is 3.14. The van der Waals surface area contributed by atoms with Crippen LogP contribution in [0.25, 0.3) is 44.3 Å². The van der Waals surface area contributed by atoms with Crippen LogP contribution in [0.5, 0.6) is 11.5 Å². The molecule has 4 aromatic carbocycles. The number of fused-ring (bicyclic) bond motifs is 2. The van der Waals surface area contributed by atoms with Gasteiger partial charge in [-0.15, -0.1) is 0 Å². The third kappa shape index (κ3) is 8.61. The standard InChI is InChI=1S/C48H54N2O2S2/c1-47(2,3)35-25-33(45(51)37(27-35)41-23-21-31-15-11-13-17-39(31)49-41)29-53-43-19-9-7-8-10-20-44(43)54-30-34-26-36(48(4,5)6)28-38(46(34)52)42-24-22-32-16-12-14-18-40(32)50-42/h11-18,21-28,43-44,51-52H,7-10,19-20,29-30H2,1-6H3/t43-,44?/m0/s1. The average molecular weight is 755 g/mol. The Morgan fingerprint density at radius 3 is 1.35 bits per heavy atom. The Morgan fingerprint density at radius 1 is 0.537 bits per heavy atom. The van der Waals surface area contributed by atoms with Crippen LogP contribution < -0.4 is 0 Å². The zero-order valence-electron chi connectivity index (χ0n) is 32.7. The number of aromatic hydroxyl groups is 2. The van der Waals surface area contributed by atoms with Gasteiger partial charge >= 0.3 is 0 Å². The highest BCUT2D eigenvalue weighted by molar-refractivity contribution is 8.03. The van der Waals surface area contributed by atoms with Crippen molar-refractivity contribution < 1.29 is 10.2 Å². The van der Waals surface area contributed by atoms with Crippen molar-refractivity contribution in [2.24, 2.45) is 0 Å². The summed E-state index contributed by atoms with van der Waals surface area (Å²) in [5.41, 5.74) is 9.28. The molecule has 1 fully saturated rings. The number of hydrogen-bond acceptors (Lipinski definition) is 6. The summed E-state index contributed by atoms with van der Waals surface area (Å²) in [7, 11) is 0. The molecule has 6 heteroatoms. The van der Waals surface area contributed by atoms with Gasteiger partial charge in [-0.2, -0.15) is 23.5 Å². The predicted molar refractivity (Wildman–Crippen MR) is 233 cm³/mol. The Hall–Kier alpha value is -4.00. The number of thioether (sulfide) groups is 2. The zero-order chi connectivity index (χ0) is 38.0. The lowest BCUT2D eigenvalue weighted by Gasteiger charge is -2.30. The van der Waals surface area contributed by atoms with Crippen LogP contribution in [0.3, 0.4) is 0 Å². The fourth-order valence-corrected chi connectivity index (χ4v) is 10.6. The van der Waals surface area contributed by atoms with E-state index in [1.807, 2.05) is 72.1 Å².